The molecule has 0 amide bonds. The van der Waals surface area contributed by atoms with Crippen LogP contribution in [0.15, 0.2) is 12.2 Å². The van der Waals surface area contributed by atoms with E-state index in [2.05, 4.69) is 30.2 Å². The Hall–Kier alpha value is -0.0500. The summed E-state index contributed by atoms with van der Waals surface area (Å²) in [5.41, 5.74) is 1.13. The molecule has 0 radical (unpaired) electrons. The molecule has 0 N–H and O–H groups in total. The summed E-state index contributed by atoms with van der Waals surface area (Å²) in [7, 11) is 0. The van der Waals surface area contributed by atoms with Crippen molar-refractivity contribution in [1.82, 2.24) is 9.80 Å². The van der Waals surface area contributed by atoms with E-state index >= 15 is 0 Å². The van der Waals surface area contributed by atoms with Crippen LogP contribution in [0.2, 0.25) is 0 Å². The molecule has 1 rings (SSSR count). The van der Waals surface area contributed by atoms with Gasteiger partial charge in [-0.15, -0.1) is 11.6 Å². The van der Waals surface area contributed by atoms with E-state index in [0.29, 0.717) is 5.88 Å². The third-order valence-electron chi connectivity index (χ3n) is 3.26. The van der Waals surface area contributed by atoms with Crippen molar-refractivity contribution in [1.29, 1.82) is 0 Å². The first kappa shape index (κ1) is 13.0. The summed E-state index contributed by atoms with van der Waals surface area (Å²) in [5, 5.41) is 0. The zero-order valence-electron chi connectivity index (χ0n) is 10.0. The fourth-order valence-corrected chi connectivity index (χ4v) is 2.06. The molecule has 0 aliphatic carbocycles. The molecule has 1 atom stereocenters. The Kier molecular flexibility index (Phi) is 5.65. The smallest absolute Gasteiger partial charge is 0.0443 e. The molecule has 1 saturated heterocycles. The van der Waals surface area contributed by atoms with Crippen LogP contribution in [0.5, 0.6) is 0 Å². The zero-order chi connectivity index (χ0) is 11.3. The fourth-order valence-electron chi connectivity index (χ4n) is 1.98. The lowest BCUT2D eigenvalue weighted by molar-refractivity contribution is 0.107. The molecule has 0 saturated carbocycles. The molecule has 3 heteroatoms. The van der Waals surface area contributed by atoms with Crippen LogP contribution in [0.3, 0.4) is 0 Å². The SMILES string of the molecule is C=C(CCl)CN1CCN(C(C)CC)CC1. The molecule has 88 valence electrons. The third-order valence-corrected chi connectivity index (χ3v) is 3.64. The molecule has 1 aliphatic heterocycles. The van der Waals surface area contributed by atoms with Gasteiger partial charge in [0.25, 0.3) is 0 Å². The fraction of sp³-hybridized carbons (Fsp3) is 0.833. The normalized spacial score (nSPS) is 21.5. The average molecular weight is 231 g/mol. The van der Waals surface area contributed by atoms with Crippen LogP contribution < -0.4 is 0 Å². The molecule has 2 nitrogen and oxygen atoms in total. The maximum atomic E-state index is 5.74. The zero-order valence-corrected chi connectivity index (χ0v) is 10.8. The molecule has 1 unspecified atom stereocenters. The van der Waals surface area contributed by atoms with Crippen molar-refractivity contribution in [2.45, 2.75) is 26.3 Å². The Morgan fingerprint density at radius 1 is 1.33 bits per heavy atom. The largest absolute Gasteiger partial charge is 0.298 e. The quantitative estimate of drug-likeness (QED) is 0.528. The molecule has 0 aromatic carbocycles. The van der Waals surface area contributed by atoms with E-state index in [4.69, 9.17) is 11.6 Å². The van der Waals surface area contributed by atoms with Gasteiger partial charge in [-0.05, 0) is 18.9 Å². The van der Waals surface area contributed by atoms with Crippen molar-refractivity contribution in [2.75, 3.05) is 38.6 Å². The summed E-state index contributed by atoms with van der Waals surface area (Å²) in [6, 6.07) is 0.725. The number of nitrogens with zero attached hydrogens (tertiary/aromatic N) is 2. The van der Waals surface area contributed by atoms with Crippen LogP contribution >= 0.6 is 11.6 Å². The molecule has 0 spiro atoms. The molecule has 1 aliphatic rings. The molecule has 0 aromatic heterocycles. The van der Waals surface area contributed by atoms with Crippen molar-refractivity contribution in [3.05, 3.63) is 12.2 Å². The summed E-state index contributed by atoms with van der Waals surface area (Å²) in [4.78, 5) is 5.02. The first-order valence-corrected chi connectivity index (χ1v) is 6.39. The summed E-state index contributed by atoms with van der Waals surface area (Å²) in [6.45, 7) is 14.2. The lowest BCUT2D eigenvalue weighted by Crippen LogP contribution is -2.49. The highest BCUT2D eigenvalue weighted by Gasteiger charge is 2.19. The molecule has 15 heavy (non-hydrogen) atoms. The lowest BCUT2D eigenvalue weighted by Gasteiger charge is -2.38. The first-order valence-electron chi connectivity index (χ1n) is 5.86. The Morgan fingerprint density at radius 2 is 1.93 bits per heavy atom. The van der Waals surface area contributed by atoms with Crippen LogP contribution in [-0.4, -0.2) is 54.4 Å². The Morgan fingerprint density at radius 3 is 2.40 bits per heavy atom. The minimum absolute atomic E-state index is 0.589. The molecular weight excluding hydrogens is 208 g/mol. The van der Waals surface area contributed by atoms with Crippen LogP contribution in [0.4, 0.5) is 0 Å². The second kappa shape index (κ2) is 6.51. The molecule has 1 heterocycles. The predicted molar refractivity (Wildman–Crippen MR) is 67.6 cm³/mol. The average Bonchev–Trinajstić information content (AvgIpc) is 2.29. The summed E-state index contributed by atoms with van der Waals surface area (Å²) in [6.07, 6.45) is 1.24. The van der Waals surface area contributed by atoms with Crippen molar-refractivity contribution < 1.29 is 0 Å². The molecule has 0 bridgehead atoms. The van der Waals surface area contributed by atoms with Crippen molar-refractivity contribution in [2.24, 2.45) is 0 Å². The Labute approximate surface area is 98.9 Å². The highest BCUT2D eigenvalue weighted by molar-refractivity contribution is 6.19. The first-order chi connectivity index (χ1) is 7.17. The minimum atomic E-state index is 0.589. The van der Waals surface area contributed by atoms with Crippen LogP contribution in [0, 0.1) is 0 Å². The van der Waals surface area contributed by atoms with E-state index in [0.717, 1.165) is 31.2 Å². The van der Waals surface area contributed by atoms with Crippen molar-refractivity contribution >= 4 is 11.6 Å². The molecule has 1 fully saturated rings. The highest BCUT2D eigenvalue weighted by Crippen LogP contribution is 2.10. The van der Waals surface area contributed by atoms with E-state index in [1.54, 1.807) is 0 Å². The summed E-state index contributed by atoms with van der Waals surface area (Å²) in [5.74, 6) is 0.589. The Bertz CT molecular complexity index is 198. The van der Waals surface area contributed by atoms with E-state index < -0.39 is 0 Å². The number of hydrogen-bond donors (Lipinski definition) is 0. The van der Waals surface area contributed by atoms with Gasteiger partial charge >= 0.3 is 0 Å². The van der Waals surface area contributed by atoms with Gasteiger partial charge in [0, 0.05) is 44.6 Å². The van der Waals surface area contributed by atoms with Gasteiger partial charge in [0.1, 0.15) is 0 Å². The van der Waals surface area contributed by atoms with Crippen LogP contribution in [0.25, 0.3) is 0 Å². The van der Waals surface area contributed by atoms with Crippen LogP contribution in [-0.2, 0) is 0 Å². The standard InChI is InChI=1S/C12H23ClN2/c1-4-12(3)15-7-5-14(6-8-15)10-11(2)9-13/h12H,2,4-10H2,1,3H3. The number of halogens is 1. The van der Waals surface area contributed by atoms with Gasteiger partial charge in [-0.25, -0.2) is 0 Å². The van der Waals surface area contributed by atoms with Gasteiger partial charge in [0.2, 0.25) is 0 Å². The van der Waals surface area contributed by atoms with E-state index in [1.807, 2.05) is 0 Å². The third kappa shape index (κ3) is 4.13. The number of alkyl halides is 1. The maximum Gasteiger partial charge on any atom is 0.0443 e. The maximum absolute atomic E-state index is 5.74. The van der Waals surface area contributed by atoms with Gasteiger partial charge in [0.05, 0.1) is 0 Å². The highest BCUT2D eigenvalue weighted by atomic mass is 35.5. The van der Waals surface area contributed by atoms with Crippen molar-refractivity contribution in [3.63, 3.8) is 0 Å². The van der Waals surface area contributed by atoms with Gasteiger partial charge in [-0.1, -0.05) is 13.5 Å². The topological polar surface area (TPSA) is 6.48 Å². The van der Waals surface area contributed by atoms with E-state index in [9.17, 15) is 0 Å². The van der Waals surface area contributed by atoms with Gasteiger partial charge < -0.3 is 0 Å². The monoisotopic (exact) mass is 230 g/mol. The number of rotatable bonds is 5. The minimum Gasteiger partial charge on any atom is -0.298 e. The predicted octanol–water partition coefficient (Wildman–Crippen LogP) is 2.20. The number of hydrogen-bond acceptors (Lipinski definition) is 2. The molecular formula is C12H23ClN2. The van der Waals surface area contributed by atoms with Gasteiger partial charge in [0.15, 0.2) is 0 Å². The van der Waals surface area contributed by atoms with E-state index in [-0.39, 0.29) is 0 Å². The second-order valence-electron chi connectivity index (χ2n) is 4.45. The second-order valence-corrected chi connectivity index (χ2v) is 4.72. The van der Waals surface area contributed by atoms with Crippen LogP contribution in [0.1, 0.15) is 20.3 Å². The summed E-state index contributed by atoms with van der Waals surface area (Å²) < 4.78 is 0. The lowest BCUT2D eigenvalue weighted by atomic mass is 10.2. The Balaban J connectivity index is 2.26. The van der Waals surface area contributed by atoms with Gasteiger partial charge in [-0.2, -0.15) is 0 Å². The number of piperazine rings is 1. The summed E-state index contributed by atoms with van der Waals surface area (Å²) >= 11 is 5.74. The van der Waals surface area contributed by atoms with Gasteiger partial charge in [-0.3, -0.25) is 9.80 Å². The molecule has 0 aromatic rings. The van der Waals surface area contributed by atoms with E-state index in [1.165, 1.54) is 19.5 Å². The van der Waals surface area contributed by atoms with Crippen molar-refractivity contribution in [3.8, 4) is 0 Å².